The van der Waals surface area contributed by atoms with Gasteiger partial charge in [-0.2, -0.15) is 5.10 Å². The maximum absolute atomic E-state index is 13.9. The van der Waals surface area contributed by atoms with Gasteiger partial charge in [0.05, 0.1) is 25.1 Å². The zero-order valence-corrected chi connectivity index (χ0v) is 20.4. The number of hydrogen-bond acceptors (Lipinski definition) is 5. The van der Waals surface area contributed by atoms with Gasteiger partial charge in [0.15, 0.2) is 0 Å². The lowest BCUT2D eigenvalue weighted by molar-refractivity contribution is -0.134. The molecule has 2 aliphatic rings. The maximum Gasteiger partial charge on any atom is 0.273 e. The van der Waals surface area contributed by atoms with Crippen molar-refractivity contribution in [2.24, 2.45) is 0 Å². The summed E-state index contributed by atoms with van der Waals surface area (Å²) in [5.41, 5.74) is 1.04. The molecular weight excluding hydrogens is 448 g/mol. The summed E-state index contributed by atoms with van der Waals surface area (Å²) >= 11 is 1.58. The summed E-state index contributed by atoms with van der Waals surface area (Å²) < 4.78 is 7.25. The number of carbonyl (C=O) groups is 2. The molecular formula is C26H30N4O3S. The number of ether oxygens (including phenoxy) is 1. The van der Waals surface area contributed by atoms with Gasteiger partial charge in [0.2, 0.25) is 5.91 Å². The Labute approximate surface area is 203 Å². The van der Waals surface area contributed by atoms with Crippen LogP contribution in [-0.4, -0.2) is 45.2 Å². The fraction of sp³-hybridized carbons (Fsp3) is 0.423. The molecule has 3 aromatic rings. The minimum atomic E-state index is -1.08. The molecule has 3 heterocycles. The molecule has 1 aliphatic heterocycles. The van der Waals surface area contributed by atoms with Gasteiger partial charge in [-0.1, -0.05) is 43.5 Å². The van der Waals surface area contributed by atoms with Crippen LogP contribution in [0.1, 0.15) is 55.1 Å². The third kappa shape index (κ3) is 4.11. The van der Waals surface area contributed by atoms with Crippen LogP contribution >= 0.6 is 11.3 Å². The van der Waals surface area contributed by atoms with E-state index in [1.165, 1.54) is 6.42 Å². The lowest BCUT2D eigenvalue weighted by Crippen LogP contribution is -2.64. The number of nitrogens with zero attached hydrogens (tertiary/aromatic N) is 3. The summed E-state index contributed by atoms with van der Waals surface area (Å²) in [4.78, 5) is 30.3. The van der Waals surface area contributed by atoms with E-state index in [0.717, 1.165) is 41.8 Å². The smallest absolute Gasteiger partial charge is 0.273 e. The fourth-order valence-electron chi connectivity index (χ4n) is 5.03. The summed E-state index contributed by atoms with van der Waals surface area (Å²) in [6.45, 7) is 2.43. The van der Waals surface area contributed by atoms with E-state index >= 15 is 0 Å². The lowest BCUT2D eigenvalue weighted by Gasteiger charge is -2.44. The molecule has 2 amide bonds. The van der Waals surface area contributed by atoms with Crippen LogP contribution in [0, 0.1) is 0 Å². The summed E-state index contributed by atoms with van der Waals surface area (Å²) in [5, 5.41) is 9.97. The molecule has 178 valence electrons. The molecule has 8 heteroatoms. The van der Waals surface area contributed by atoms with Crippen molar-refractivity contribution in [3.63, 3.8) is 0 Å². The maximum atomic E-state index is 13.9. The molecule has 34 heavy (non-hydrogen) atoms. The molecule has 1 saturated carbocycles. The Morgan fingerprint density at radius 1 is 1.21 bits per heavy atom. The van der Waals surface area contributed by atoms with Crippen molar-refractivity contribution in [2.45, 2.75) is 63.7 Å². The number of aromatic nitrogens is 2. The van der Waals surface area contributed by atoms with E-state index in [0.29, 0.717) is 18.0 Å². The second-order valence-corrected chi connectivity index (χ2v) is 10.3. The van der Waals surface area contributed by atoms with Gasteiger partial charge < -0.3 is 15.0 Å². The van der Waals surface area contributed by atoms with Crippen molar-refractivity contribution in [1.29, 1.82) is 0 Å². The number of methoxy groups -OCH3 is 1. The second-order valence-electron chi connectivity index (χ2n) is 9.34. The minimum Gasteiger partial charge on any atom is -0.496 e. The topological polar surface area (TPSA) is 76.5 Å². The lowest BCUT2D eigenvalue weighted by atomic mass is 9.91. The Balaban J connectivity index is 1.52. The largest absolute Gasteiger partial charge is 0.496 e. The zero-order chi connectivity index (χ0) is 23.7. The first kappa shape index (κ1) is 22.7. The van der Waals surface area contributed by atoms with Crippen LogP contribution in [-0.2, 0) is 17.9 Å². The van der Waals surface area contributed by atoms with E-state index in [-0.39, 0.29) is 24.4 Å². The van der Waals surface area contributed by atoms with Gasteiger partial charge in [-0.15, -0.1) is 11.3 Å². The average Bonchev–Trinajstić information content (AvgIpc) is 3.53. The third-order valence-corrected chi connectivity index (χ3v) is 7.91. The van der Waals surface area contributed by atoms with Gasteiger partial charge in [0, 0.05) is 11.6 Å². The Bertz CT molecular complexity index is 1180. The van der Waals surface area contributed by atoms with Crippen molar-refractivity contribution >= 4 is 23.2 Å². The van der Waals surface area contributed by atoms with Crippen LogP contribution < -0.4 is 10.1 Å². The van der Waals surface area contributed by atoms with Crippen molar-refractivity contribution in [2.75, 3.05) is 7.11 Å². The van der Waals surface area contributed by atoms with Crippen molar-refractivity contribution in [3.8, 4) is 16.3 Å². The van der Waals surface area contributed by atoms with Crippen LogP contribution in [0.15, 0.2) is 47.8 Å². The molecule has 7 nitrogen and oxygen atoms in total. The molecule has 1 fully saturated rings. The molecule has 5 rings (SSSR count). The average molecular weight is 479 g/mol. The summed E-state index contributed by atoms with van der Waals surface area (Å²) in [6, 6.07) is 13.6. The molecule has 0 radical (unpaired) electrons. The minimum absolute atomic E-state index is 0.124. The standard InChI is InChI=1S/C26H30N4O3S/c1-26(25(32)27-19-10-4-3-5-11-19)17-30-21(15-20(28-30)23-13-8-14-34-23)24(31)29(26)16-18-9-6-7-12-22(18)33-2/h6-9,12-15,19H,3-5,10-11,16-17H2,1-2H3,(H,27,32). The molecule has 0 bridgehead atoms. The summed E-state index contributed by atoms with van der Waals surface area (Å²) in [7, 11) is 1.62. The molecule has 1 unspecified atom stereocenters. The van der Waals surface area contributed by atoms with Gasteiger partial charge in [-0.25, -0.2) is 0 Å². The van der Waals surface area contributed by atoms with E-state index in [4.69, 9.17) is 9.84 Å². The Hall–Kier alpha value is -3.13. The highest BCUT2D eigenvalue weighted by atomic mass is 32.1. The molecule has 0 spiro atoms. The number of para-hydroxylation sites is 1. The van der Waals surface area contributed by atoms with Gasteiger partial charge in [-0.3, -0.25) is 14.3 Å². The highest BCUT2D eigenvalue weighted by Gasteiger charge is 2.48. The molecule has 1 aromatic carbocycles. The molecule has 1 N–H and O–H groups in total. The van der Waals surface area contributed by atoms with Gasteiger partial charge in [0.1, 0.15) is 22.7 Å². The van der Waals surface area contributed by atoms with Crippen LogP contribution in [0.3, 0.4) is 0 Å². The van der Waals surface area contributed by atoms with E-state index in [1.807, 2.05) is 54.8 Å². The Kier molecular flexibility index (Phi) is 6.16. The van der Waals surface area contributed by atoms with Crippen molar-refractivity contribution in [3.05, 3.63) is 59.1 Å². The third-order valence-electron chi connectivity index (χ3n) is 7.02. The van der Waals surface area contributed by atoms with Crippen molar-refractivity contribution in [1.82, 2.24) is 20.0 Å². The van der Waals surface area contributed by atoms with Crippen LogP contribution in [0.25, 0.3) is 10.6 Å². The number of fused-ring (bicyclic) bond motifs is 1. The summed E-state index contributed by atoms with van der Waals surface area (Å²) in [6.07, 6.45) is 5.43. The quantitative estimate of drug-likeness (QED) is 0.567. The SMILES string of the molecule is COc1ccccc1CN1C(=O)c2cc(-c3cccs3)nn2CC1(C)C(=O)NC1CCCCC1. The first-order valence-electron chi connectivity index (χ1n) is 11.9. The highest BCUT2D eigenvalue weighted by Crippen LogP contribution is 2.34. The highest BCUT2D eigenvalue weighted by molar-refractivity contribution is 7.13. The molecule has 1 aliphatic carbocycles. The zero-order valence-electron chi connectivity index (χ0n) is 19.6. The van der Waals surface area contributed by atoms with Gasteiger partial charge in [0.25, 0.3) is 5.91 Å². The van der Waals surface area contributed by atoms with E-state index in [1.54, 1.807) is 28.0 Å². The normalized spacial score (nSPS) is 20.8. The number of nitrogens with one attached hydrogen (secondary N) is 1. The van der Waals surface area contributed by atoms with Crippen molar-refractivity contribution < 1.29 is 14.3 Å². The van der Waals surface area contributed by atoms with Gasteiger partial charge in [-0.05, 0) is 43.3 Å². The van der Waals surface area contributed by atoms with E-state index < -0.39 is 5.54 Å². The van der Waals surface area contributed by atoms with Crippen LogP contribution in [0.5, 0.6) is 5.75 Å². The number of carbonyl (C=O) groups excluding carboxylic acids is 2. The van der Waals surface area contributed by atoms with Gasteiger partial charge >= 0.3 is 0 Å². The van der Waals surface area contributed by atoms with E-state index in [9.17, 15) is 9.59 Å². The number of amides is 2. The molecule has 1 atom stereocenters. The monoisotopic (exact) mass is 478 g/mol. The Morgan fingerprint density at radius 3 is 2.74 bits per heavy atom. The van der Waals surface area contributed by atoms with Crippen LogP contribution in [0.2, 0.25) is 0 Å². The number of hydrogen-bond donors (Lipinski definition) is 1. The number of rotatable bonds is 6. The predicted octanol–water partition coefficient (Wildman–Crippen LogP) is 4.48. The van der Waals surface area contributed by atoms with Crippen LogP contribution in [0.4, 0.5) is 0 Å². The fourth-order valence-corrected chi connectivity index (χ4v) is 5.71. The summed E-state index contributed by atoms with van der Waals surface area (Å²) in [5.74, 6) is 0.374. The first-order chi connectivity index (χ1) is 16.5. The Morgan fingerprint density at radius 2 is 2.00 bits per heavy atom. The molecule has 0 saturated heterocycles. The predicted molar refractivity (Wildman–Crippen MR) is 132 cm³/mol. The second kappa shape index (κ2) is 9.25. The first-order valence-corrected chi connectivity index (χ1v) is 12.7. The number of thiophene rings is 1. The van der Waals surface area contributed by atoms with E-state index in [2.05, 4.69) is 5.32 Å². The number of benzene rings is 1. The molecule has 2 aromatic heterocycles.